The van der Waals surface area contributed by atoms with Crippen LogP contribution in [-0.4, -0.2) is 11.3 Å². The summed E-state index contributed by atoms with van der Waals surface area (Å²) in [5, 5.41) is 0.497. The minimum atomic E-state index is -0.306. The van der Waals surface area contributed by atoms with Gasteiger partial charge in [0.2, 0.25) is 0 Å². The van der Waals surface area contributed by atoms with Crippen molar-refractivity contribution in [2.45, 2.75) is 0 Å². The summed E-state index contributed by atoms with van der Waals surface area (Å²) in [7, 11) is 0. The third-order valence-electron chi connectivity index (χ3n) is 1.16. The molecule has 5 heteroatoms. The number of halogens is 3. The fourth-order valence-corrected chi connectivity index (χ4v) is 2.64. The van der Waals surface area contributed by atoms with Crippen LogP contribution in [0, 0.1) is 0 Å². The van der Waals surface area contributed by atoms with Gasteiger partial charge in [-0.3, -0.25) is 0 Å². The van der Waals surface area contributed by atoms with Crippen LogP contribution in [0.1, 0.15) is 0 Å². The number of ether oxygens (including phenoxy) is 1. The predicted molar refractivity (Wildman–Crippen MR) is 52.8 cm³/mol. The van der Waals surface area contributed by atoms with Gasteiger partial charge in [0.15, 0.2) is 5.76 Å². The molecule has 0 saturated carbocycles. The van der Waals surface area contributed by atoms with Gasteiger partial charge in [0, 0.05) is 10.3 Å². The molecule has 0 amide bonds. The molecule has 0 aromatic rings. The van der Waals surface area contributed by atoms with Crippen molar-refractivity contribution < 1.29 is 9.53 Å². The summed E-state index contributed by atoms with van der Waals surface area (Å²) in [6, 6.07) is 0. The molecule has 0 radical (unpaired) electrons. The standard InChI is InChI=1S/C6H3Br3O2/c7-1-3-5(9)4(2-8)11-6(3)10/h2H,1H2/b4-2-. The monoisotopic (exact) mass is 344 g/mol. The van der Waals surface area contributed by atoms with Crippen molar-refractivity contribution in [2.24, 2.45) is 0 Å². The van der Waals surface area contributed by atoms with Gasteiger partial charge in [0.05, 0.1) is 10.1 Å². The molecule has 0 aromatic heterocycles. The van der Waals surface area contributed by atoms with E-state index in [0.29, 0.717) is 21.1 Å². The van der Waals surface area contributed by atoms with E-state index < -0.39 is 0 Å². The molecule has 0 aromatic carbocycles. The number of hydrogen-bond acceptors (Lipinski definition) is 2. The summed E-state index contributed by atoms with van der Waals surface area (Å²) in [5.74, 6) is 0.212. The molecule has 2 nitrogen and oxygen atoms in total. The molecule has 1 heterocycles. The fraction of sp³-hybridized carbons (Fsp3) is 0.167. The molecule has 1 rings (SSSR count). The number of hydrogen-bond donors (Lipinski definition) is 0. The van der Waals surface area contributed by atoms with Gasteiger partial charge in [-0.15, -0.1) is 0 Å². The van der Waals surface area contributed by atoms with E-state index in [1.165, 1.54) is 0 Å². The zero-order chi connectivity index (χ0) is 8.43. The summed E-state index contributed by atoms with van der Waals surface area (Å²) in [6.45, 7) is 0. The number of cyclic esters (lactones) is 1. The molecular formula is C6H3Br3O2. The van der Waals surface area contributed by atoms with Crippen molar-refractivity contribution in [3.05, 3.63) is 20.8 Å². The number of alkyl halides is 1. The summed E-state index contributed by atoms with van der Waals surface area (Å²) < 4.78 is 5.56. The van der Waals surface area contributed by atoms with Crippen LogP contribution >= 0.6 is 47.8 Å². The molecule has 1 aliphatic rings. The quantitative estimate of drug-likeness (QED) is 0.539. The van der Waals surface area contributed by atoms with Crippen molar-refractivity contribution in [2.75, 3.05) is 5.33 Å². The number of carbonyl (C=O) groups is 1. The lowest BCUT2D eigenvalue weighted by Gasteiger charge is -1.91. The third kappa shape index (κ3) is 1.76. The van der Waals surface area contributed by atoms with E-state index in [0.717, 1.165) is 0 Å². The average Bonchev–Trinajstić information content (AvgIpc) is 2.26. The van der Waals surface area contributed by atoms with Crippen molar-refractivity contribution >= 4 is 53.8 Å². The van der Waals surface area contributed by atoms with Gasteiger partial charge >= 0.3 is 5.97 Å². The highest BCUT2D eigenvalue weighted by atomic mass is 79.9. The maximum absolute atomic E-state index is 11.0. The molecule has 0 saturated heterocycles. The first-order valence-electron chi connectivity index (χ1n) is 2.68. The first-order valence-corrected chi connectivity index (χ1v) is 5.51. The van der Waals surface area contributed by atoms with Gasteiger partial charge in [-0.05, 0) is 15.9 Å². The molecule has 0 spiro atoms. The summed E-state index contributed by atoms with van der Waals surface area (Å²) in [4.78, 5) is 12.5. The largest absolute Gasteiger partial charge is 0.421 e. The van der Waals surface area contributed by atoms with Crippen molar-refractivity contribution in [3.63, 3.8) is 0 Å². The highest BCUT2D eigenvalue weighted by Crippen LogP contribution is 2.32. The van der Waals surface area contributed by atoms with Gasteiger partial charge in [0.25, 0.3) is 0 Å². The van der Waals surface area contributed by atoms with E-state index in [1.807, 2.05) is 0 Å². The lowest BCUT2D eigenvalue weighted by atomic mass is 10.3. The molecule has 60 valence electrons. The van der Waals surface area contributed by atoms with Crippen LogP contribution in [0.4, 0.5) is 0 Å². The van der Waals surface area contributed by atoms with Crippen LogP contribution in [0.2, 0.25) is 0 Å². The second-order valence-corrected chi connectivity index (χ2v) is 3.60. The minimum absolute atomic E-state index is 0.306. The Morgan fingerprint density at radius 1 is 1.55 bits per heavy atom. The Morgan fingerprint density at radius 3 is 2.45 bits per heavy atom. The van der Waals surface area contributed by atoms with E-state index in [2.05, 4.69) is 47.8 Å². The Morgan fingerprint density at radius 2 is 2.18 bits per heavy atom. The number of carbonyl (C=O) groups excluding carboxylic acids is 1. The molecule has 1 aliphatic heterocycles. The Hall–Kier alpha value is 0.390. The number of allylic oxidation sites excluding steroid dienone is 1. The first kappa shape index (κ1) is 9.48. The van der Waals surface area contributed by atoms with Crippen molar-refractivity contribution in [3.8, 4) is 0 Å². The topological polar surface area (TPSA) is 26.3 Å². The van der Waals surface area contributed by atoms with E-state index >= 15 is 0 Å². The van der Waals surface area contributed by atoms with Gasteiger partial charge < -0.3 is 4.74 Å². The zero-order valence-corrected chi connectivity index (χ0v) is 9.99. The Bertz CT molecular complexity index is 255. The molecule has 0 atom stereocenters. The molecule has 0 bridgehead atoms. The van der Waals surface area contributed by atoms with Crippen molar-refractivity contribution in [1.29, 1.82) is 0 Å². The molecule has 0 N–H and O–H groups in total. The Labute approximate surface area is 89.1 Å². The number of rotatable bonds is 1. The molecule has 11 heavy (non-hydrogen) atoms. The zero-order valence-electron chi connectivity index (χ0n) is 5.23. The van der Waals surface area contributed by atoms with Crippen molar-refractivity contribution in [1.82, 2.24) is 0 Å². The Kier molecular flexibility index (Phi) is 3.33. The predicted octanol–water partition coefficient (Wildman–Crippen LogP) is 2.82. The second-order valence-electron chi connectivity index (χ2n) is 1.79. The normalized spacial score (nSPS) is 21.4. The Balaban J connectivity index is 3.04. The van der Waals surface area contributed by atoms with Gasteiger partial charge in [-0.2, -0.15) is 0 Å². The summed E-state index contributed by atoms with van der Waals surface area (Å²) in [6.07, 6.45) is 0. The minimum Gasteiger partial charge on any atom is -0.421 e. The molecule has 0 fully saturated rings. The number of esters is 1. The third-order valence-corrected chi connectivity index (χ3v) is 3.01. The maximum Gasteiger partial charge on any atom is 0.341 e. The molecule has 0 unspecified atom stereocenters. The summed E-state index contributed by atoms with van der Waals surface area (Å²) >= 11 is 9.50. The van der Waals surface area contributed by atoms with E-state index in [1.54, 1.807) is 4.99 Å². The van der Waals surface area contributed by atoms with Crippen LogP contribution in [0.15, 0.2) is 20.8 Å². The van der Waals surface area contributed by atoms with Crippen LogP contribution < -0.4 is 0 Å². The first-order chi connectivity index (χ1) is 5.20. The maximum atomic E-state index is 11.0. The fourth-order valence-electron chi connectivity index (χ4n) is 0.628. The highest BCUT2D eigenvalue weighted by Gasteiger charge is 2.26. The lowest BCUT2D eigenvalue weighted by molar-refractivity contribution is -0.133. The lowest BCUT2D eigenvalue weighted by Crippen LogP contribution is -1.98. The van der Waals surface area contributed by atoms with Gasteiger partial charge in [-0.1, -0.05) is 31.9 Å². The SMILES string of the molecule is O=C1O/C(=C\Br)C(Br)=C1CBr. The molecular weight excluding hydrogens is 344 g/mol. The average molecular weight is 347 g/mol. The van der Waals surface area contributed by atoms with Crippen LogP contribution in [-0.2, 0) is 9.53 Å². The van der Waals surface area contributed by atoms with Gasteiger partial charge in [0.1, 0.15) is 0 Å². The van der Waals surface area contributed by atoms with E-state index in [4.69, 9.17) is 4.74 Å². The van der Waals surface area contributed by atoms with E-state index in [9.17, 15) is 4.79 Å². The molecule has 0 aliphatic carbocycles. The summed E-state index contributed by atoms with van der Waals surface area (Å²) in [5.41, 5.74) is 0.607. The van der Waals surface area contributed by atoms with Gasteiger partial charge in [-0.25, -0.2) is 4.79 Å². The highest BCUT2D eigenvalue weighted by molar-refractivity contribution is 9.12. The van der Waals surface area contributed by atoms with Crippen LogP contribution in [0.25, 0.3) is 0 Å². The van der Waals surface area contributed by atoms with Crippen LogP contribution in [0.5, 0.6) is 0 Å². The van der Waals surface area contributed by atoms with Crippen LogP contribution in [0.3, 0.4) is 0 Å². The smallest absolute Gasteiger partial charge is 0.341 e. The second kappa shape index (κ2) is 3.87. The van der Waals surface area contributed by atoms with E-state index in [-0.39, 0.29) is 5.97 Å².